The molecule has 5 nitrogen and oxygen atoms in total. The van der Waals surface area contributed by atoms with Crippen molar-refractivity contribution in [1.29, 1.82) is 0 Å². The first-order valence-corrected chi connectivity index (χ1v) is 8.09. The van der Waals surface area contributed by atoms with Crippen LogP contribution in [0.1, 0.15) is 39.2 Å². The van der Waals surface area contributed by atoms with E-state index < -0.39 is 0 Å². The van der Waals surface area contributed by atoms with E-state index in [0.29, 0.717) is 23.0 Å². The number of rotatable bonds is 7. The second-order valence-electron chi connectivity index (χ2n) is 5.57. The molecule has 0 aliphatic rings. The number of carbonyl (C=O) groups excluding carboxylic acids is 2. The summed E-state index contributed by atoms with van der Waals surface area (Å²) in [5.74, 6) is 0.325. The maximum atomic E-state index is 12.2. The molecule has 0 aliphatic heterocycles. The minimum absolute atomic E-state index is 0.0212. The first-order chi connectivity index (χ1) is 10.8. The van der Waals surface area contributed by atoms with Crippen molar-refractivity contribution in [3.8, 4) is 5.75 Å². The SMILES string of the molecule is CCC(C)N(CCC(=O)Nc1cc(C)c(Cl)cc1OC)C(C)=O. The van der Waals surface area contributed by atoms with E-state index in [1.807, 2.05) is 20.8 Å². The molecule has 2 amide bonds. The van der Waals surface area contributed by atoms with Crippen molar-refractivity contribution in [2.24, 2.45) is 0 Å². The van der Waals surface area contributed by atoms with Gasteiger partial charge in [0.1, 0.15) is 5.75 Å². The molecule has 1 rings (SSSR count). The van der Waals surface area contributed by atoms with Gasteiger partial charge in [-0.3, -0.25) is 9.59 Å². The normalized spacial score (nSPS) is 11.7. The molecular formula is C17H25ClN2O3. The quantitative estimate of drug-likeness (QED) is 0.824. The highest BCUT2D eigenvalue weighted by Gasteiger charge is 2.17. The van der Waals surface area contributed by atoms with Crippen molar-refractivity contribution in [2.75, 3.05) is 19.0 Å². The van der Waals surface area contributed by atoms with Gasteiger partial charge in [0.2, 0.25) is 11.8 Å². The minimum Gasteiger partial charge on any atom is -0.495 e. The van der Waals surface area contributed by atoms with E-state index in [1.165, 1.54) is 14.0 Å². The summed E-state index contributed by atoms with van der Waals surface area (Å²) in [4.78, 5) is 25.5. The van der Waals surface area contributed by atoms with Crippen LogP contribution in [0.3, 0.4) is 0 Å². The fourth-order valence-electron chi connectivity index (χ4n) is 2.27. The Morgan fingerprint density at radius 2 is 2.04 bits per heavy atom. The van der Waals surface area contributed by atoms with Crippen molar-refractivity contribution < 1.29 is 14.3 Å². The zero-order chi connectivity index (χ0) is 17.6. The maximum Gasteiger partial charge on any atom is 0.226 e. The van der Waals surface area contributed by atoms with Gasteiger partial charge in [0.05, 0.1) is 12.8 Å². The Morgan fingerprint density at radius 1 is 1.39 bits per heavy atom. The molecule has 1 atom stereocenters. The molecule has 1 N–H and O–H groups in total. The van der Waals surface area contributed by atoms with Crippen molar-refractivity contribution >= 4 is 29.1 Å². The third-order valence-corrected chi connectivity index (χ3v) is 4.27. The fraction of sp³-hybridized carbons (Fsp3) is 0.529. The Morgan fingerprint density at radius 3 is 2.57 bits per heavy atom. The highest BCUT2D eigenvalue weighted by Crippen LogP contribution is 2.31. The van der Waals surface area contributed by atoms with Crippen molar-refractivity contribution in [2.45, 2.75) is 46.6 Å². The van der Waals surface area contributed by atoms with Crippen LogP contribution in [-0.2, 0) is 9.59 Å². The predicted octanol–water partition coefficient (Wildman–Crippen LogP) is 3.63. The largest absolute Gasteiger partial charge is 0.495 e. The van der Waals surface area contributed by atoms with Gasteiger partial charge in [-0.2, -0.15) is 0 Å². The first-order valence-electron chi connectivity index (χ1n) is 7.71. The lowest BCUT2D eigenvalue weighted by atomic mass is 10.2. The highest BCUT2D eigenvalue weighted by molar-refractivity contribution is 6.31. The Kier molecular flexibility index (Phi) is 7.36. The standard InChI is InChI=1S/C17H25ClN2O3/c1-6-12(3)20(13(4)21)8-7-17(22)19-15-9-11(2)14(18)10-16(15)23-5/h9-10,12H,6-8H2,1-5H3,(H,19,22). The van der Waals surface area contributed by atoms with Gasteiger partial charge in [0.15, 0.2) is 0 Å². The molecule has 0 aliphatic carbocycles. The zero-order valence-electron chi connectivity index (χ0n) is 14.4. The van der Waals surface area contributed by atoms with Gasteiger partial charge < -0.3 is 15.0 Å². The lowest BCUT2D eigenvalue weighted by molar-refractivity contribution is -0.131. The second kappa shape index (κ2) is 8.77. The average molecular weight is 341 g/mol. The van der Waals surface area contributed by atoms with E-state index in [2.05, 4.69) is 5.32 Å². The van der Waals surface area contributed by atoms with E-state index in [4.69, 9.17) is 16.3 Å². The Labute approximate surface area is 142 Å². The topological polar surface area (TPSA) is 58.6 Å². The summed E-state index contributed by atoms with van der Waals surface area (Å²) in [5.41, 5.74) is 1.44. The van der Waals surface area contributed by atoms with Crippen LogP contribution in [0.25, 0.3) is 0 Å². The van der Waals surface area contributed by atoms with Crippen LogP contribution >= 0.6 is 11.6 Å². The molecule has 1 aromatic carbocycles. The summed E-state index contributed by atoms with van der Waals surface area (Å²) in [6, 6.07) is 3.57. The monoisotopic (exact) mass is 340 g/mol. The smallest absolute Gasteiger partial charge is 0.226 e. The van der Waals surface area contributed by atoms with Crippen LogP contribution < -0.4 is 10.1 Å². The van der Waals surface area contributed by atoms with Crippen LogP contribution in [0.2, 0.25) is 5.02 Å². The summed E-state index contributed by atoms with van der Waals surface area (Å²) in [5, 5.41) is 3.40. The van der Waals surface area contributed by atoms with Crippen LogP contribution in [0.4, 0.5) is 5.69 Å². The highest BCUT2D eigenvalue weighted by atomic mass is 35.5. The summed E-state index contributed by atoms with van der Waals surface area (Å²) in [7, 11) is 1.52. The molecule has 128 valence electrons. The van der Waals surface area contributed by atoms with Gasteiger partial charge in [-0.25, -0.2) is 0 Å². The molecule has 23 heavy (non-hydrogen) atoms. The van der Waals surface area contributed by atoms with E-state index in [1.54, 1.807) is 17.0 Å². The lowest BCUT2D eigenvalue weighted by Gasteiger charge is -2.27. The number of halogens is 1. The van der Waals surface area contributed by atoms with Gasteiger partial charge in [0, 0.05) is 37.0 Å². The van der Waals surface area contributed by atoms with Gasteiger partial charge >= 0.3 is 0 Å². The maximum absolute atomic E-state index is 12.2. The Bertz CT molecular complexity index is 575. The van der Waals surface area contributed by atoms with Gasteiger partial charge in [-0.15, -0.1) is 0 Å². The molecule has 6 heteroatoms. The molecule has 0 radical (unpaired) electrons. The molecule has 0 bridgehead atoms. The zero-order valence-corrected chi connectivity index (χ0v) is 15.2. The van der Waals surface area contributed by atoms with Crippen LogP contribution in [0.5, 0.6) is 5.75 Å². The summed E-state index contributed by atoms with van der Waals surface area (Å²) >= 11 is 6.05. The number of hydrogen-bond donors (Lipinski definition) is 1. The average Bonchev–Trinajstić information content (AvgIpc) is 2.50. The summed E-state index contributed by atoms with van der Waals surface area (Å²) < 4.78 is 5.24. The molecule has 0 heterocycles. The van der Waals surface area contributed by atoms with Crippen LogP contribution in [0.15, 0.2) is 12.1 Å². The number of hydrogen-bond acceptors (Lipinski definition) is 3. The predicted molar refractivity (Wildman–Crippen MR) is 93.1 cm³/mol. The molecule has 0 saturated carbocycles. The molecule has 1 unspecified atom stereocenters. The molecule has 0 saturated heterocycles. The summed E-state index contributed by atoms with van der Waals surface area (Å²) in [6.07, 6.45) is 1.08. The molecule has 0 spiro atoms. The Hall–Kier alpha value is -1.75. The van der Waals surface area contributed by atoms with E-state index in [0.717, 1.165) is 12.0 Å². The van der Waals surface area contributed by atoms with E-state index >= 15 is 0 Å². The number of ether oxygens (including phenoxy) is 1. The minimum atomic E-state index is -0.167. The third-order valence-electron chi connectivity index (χ3n) is 3.86. The van der Waals surface area contributed by atoms with E-state index in [-0.39, 0.29) is 24.3 Å². The molecule has 0 aromatic heterocycles. The number of aryl methyl sites for hydroxylation is 1. The Balaban J connectivity index is 2.73. The molecular weight excluding hydrogens is 316 g/mol. The third kappa shape index (κ3) is 5.43. The summed E-state index contributed by atoms with van der Waals surface area (Å²) in [6.45, 7) is 7.77. The first kappa shape index (κ1) is 19.3. The lowest BCUT2D eigenvalue weighted by Crippen LogP contribution is -2.38. The van der Waals surface area contributed by atoms with Crippen molar-refractivity contribution in [3.63, 3.8) is 0 Å². The van der Waals surface area contributed by atoms with Crippen LogP contribution in [-0.4, -0.2) is 36.4 Å². The van der Waals surface area contributed by atoms with Crippen LogP contribution in [0, 0.1) is 6.92 Å². The number of benzene rings is 1. The number of anilines is 1. The van der Waals surface area contributed by atoms with E-state index in [9.17, 15) is 9.59 Å². The number of nitrogens with zero attached hydrogens (tertiary/aromatic N) is 1. The van der Waals surface area contributed by atoms with Crippen molar-refractivity contribution in [3.05, 3.63) is 22.7 Å². The van der Waals surface area contributed by atoms with Crippen molar-refractivity contribution in [1.82, 2.24) is 4.90 Å². The number of carbonyl (C=O) groups is 2. The number of nitrogens with one attached hydrogen (secondary N) is 1. The second-order valence-corrected chi connectivity index (χ2v) is 5.98. The van der Waals surface area contributed by atoms with Gasteiger partial charge in [0.25, 0.3) is 0 Å². The molecule has 0 fully saturated rings. The van der Waals surface area contributed by atoms with Gasteiger partial charge in [-0.1, -0.05) is 18.5 Å². The van der Waals surface area contributed by atoms with Gasteiger partial charge in [-0.05, 0) is 31.9 Å². The molecule has 1 aromatic rings. The number of amides is 2. The fourth-order valence-corrected chi connectivity index (χ4v) is 2.43. The number of methoxy groups -OCH3 is 1.